The van der Waals surface area contributed by atoms with E-state index in [1.165, 1.54) is 6.26 Å². The summed E-state index contributed by atoms with van der Waals surface area (Å²) in [5, 5.41) is 2.98. The lowest BCUT2D eigenvalue weighted by Gasteiger charge is -2.31. The minimum Gasteiger partial charge on any atom is -0.444 e. The Morgan fingerprint density at radius 2 is 2.00 bits per heavy atom. The van der Waals surface area contributed by atoms with Gasteiger partial charge in [0.2, 0.25) is 5.89 Å². The summed E-state index contributed by atoms with van der Waals surface area (Å²) in [4.78, 5) is 38.3. The Bertz CT molecular complexity index is 1250. The number of nitrogens with one attached hydrogen (secondary N) is 1. The number of hydrogen-bond acceptors (Lipinski definition) is 8. The molecule has 2 amide bonds. The quantitative estimate of drug-likeness (QED) is 0.593. The largest absolute Gasteiger partial charge is 0.444 e. The van der Waals surface area contributed by atoms with E-state index in [-0.39, 0.29) is 23.5 Å². The van der Waals surface area contributed by atoms with Gasteiger partial charge in [-0.3, -0.25) is 9.59 Å². The first kappa shape index (κ1) is 21.9. The summed E-state index contributed by atoms with van der Waals surface area (Å²) in [7, 11) is 0. The number of amides is 2. The minimum absolute atomic E-state index is 0.00940. The van der Waals surface area contributed by atoms with Crippen molar-refractivity contribution >= 4 is 29.0 Å². The smallest absolute Gasteiger partial charge is 0.277 e. The standard InChI is InChI=1S/C24H26N6O4/c1-14(2)30-12-16-9-18(20(11-17(16)24(30)32)29-5-7-33-8-6-29)27-22(31)19-13-34-23(28-19)15-3-4-26-21(25)10-15/h3-4,9-11,13-14H,5-8,12H2,1-2H3,(H2,25,26)(H,27,31). The Morgan fingerprint density at radius 3 is 2.74 bits per heavy atom. The van der Waals surface area contributed by atoms with E-state index in [9.17, 15) is 9.59 Å². The van der Waals surface area contributed by atoms with Crippen LogP contribution in [0.2, 0.25) is 0 Å². The van der Waals surface area contributed by atoms with E-state index in [1.807, 2.05) is 30.9 Å². The van der Waals surface area contributed by atoms with Gasteiger partial charge in [0.15, 0.2) is 5.69 Å². The number of ether oxygens (including phenoxy) is 1. The van der Waals surface area contributed by atoms with Gasteiger partial charge < -0.3 is 30.0 Å². The molecule has 3 aromatic rings. The Labute approximate surface area is 196 Å². The molecule has 0 bridgehead atoms. The first-order chi connectivity index (χ1) is 16.4. The average Bonchev–Trinajstić information content (AvgIpc) is 3.45. The van der Waals surface area contributed by atoms with Crippen molar-refractivity contribution in [2.24, 2.45) is 0 Å². The van der Waals surface area contributed by atoms with Crippen LogP contribution in [0, 0.1) is 0 Å². The van der Waals surface area contributed by atoms with Crippen LogP contribution in [0.25, 0.3) is 11.5 Å². The lowest BCUT2D eigenvalue weighted by atomic mass is 10.1. The van der Waals surface area contributed by atoms with E-state index in [0.29, 0.717) is 55.5 Å². The SMILES string of the molecule is CC(C)N1Cc2cc(NC(=O)c3coc(-c4ccnc(N)c4)n3)c(N3CCOCC3)cc2C1=O. The molecule has 10 heteroatoms. The molecule has 2 aliphatic heterocycles. The highest BCUT2D eigenvalue weighted by Gasteiger charge is 2.32. The fourth-order valence-corrected chi connectivity index (χ4v) is 4.23. The van der Waals surface area contributed by atoms with Gasteiger partial charge in [-0.05, 0) is 43.7 Å². The summed E-state index contributed by atoms with van der Waals surface area (Å²) in [5.74, 6) is 0.214. The molecule has 1 saturated heterocycles. The summed E-state index contributed by atoms with van der Waals surface area (Å²) in [6.07, 6.45) is 2.86. The van der Waals surface area contributed by atoms with Crippen LogP contribution in [-0.2, 0) is 11.3 Å². The number of fused-ring (bicyclic) bond motifs is 1. The zero-order valence-corrected chi connectivity index (χ0v) is 19.1. The molecule has 3 N–H and O–H groups in total. The van der Waals surface area contributed by atoms with Gasteiger partial charge in [0.1, 0.15) is 12.1 Å². The fraction of sp³-hybridized carbons (Fsp3) is 0.333. The van der Waals surface area contributed by atoms with E-state index in [4.69, 9.17) is 14.9 Å². The molecule has 5 rings (SSSR count). The number of benzene rings is 1. The van der Waals surface area contributed by atoms with Crippen LogP contribution in [0.15, 0.2) is 41.1 Å². The highest BCUT2D eigenvalue weighted by molar-refractivity contribution is 6.07. The van der Waals surface area contributed by atoms with E-state index in [0.717, 1.165) is 11.3 Å². The van der Waals surface area contributed by atoms with E-state index >= 15 is 0 Å². The predicted octanol–water partition coefficient (Wildman–Crippen LogP) is 2.77. The number of carbonyl (C=O) groups excluding carboxylic acids is 2. The molecular weight excluding hydrogens is 436 g/mol. The number of hydrogen-bond donors (Lipinski definition) is 2. The molecule has 0 atom stereocenters. The number of nitrogens with two attached hydrogens (primary N) is 1. The van der Waals surface area contributed by atoms with Gasteiger partial charge in [0, 0.05) is 43.0 Å². The van der Waals surface area contributed by atoms with E-state index < -0.39 is 5.91 Å². The second kappa shape index (κ2) is 8.79. The van der Waals surface area contributed by atoms with Gasteiger partial charge in [-0.1, -0.05) is 0 Å². The second-order valence-corrected chi connectivity index (χ2v) is 8.61. The Morgan fingerprint density at radius 1 is 1.21 bits per heavy atom. The molecule has 0 unspecified atom stereocenters. The predicted molar refractivity (Wildman–Crippen MR) is 127 cm³/mol. The van der Waals surface area contributed by atoms with Crippen molar-refractivity contribution in [3.05, 3.63) is 53.5 Å². The molecule has 176 valence electrons. The van der Waals surface area contributed by atoms with Gasteiger partial charge in [0.25, 0.3) is 11.8 Å². The van der Waals surface area contributed by atoms with Crippen molar-refractivity contribution in [3.63, 3.8) is 0 Å². The number of aromatic nitrogens is 2. The monoisotopic (exact) mass is 462 g/mol. The number of rotatable bonds is 5. The summed E-state index contributed by atoms with van der Waals surface area (Å²) in [5.41, 5.74) is 9.48. The molecular formula is C24H26N6O4. The van der Waals surface area contributed by atoms with Crippen molar-refractivity contribution < 1.29 is 18.7 Å². The third-order valence-electron chi connectivity index (χ3n) is 6.04. The Hall–Kier alpha value is -3.92. The molecule has 0 spiro atoms. The van der Waals surface area contributed by atoms with Crippen molar-refractivity contribution in [2.45, 2.75) is 26.4 Å². The first-order valence-electron chi connectivity index (χ1n) is 11.2. The van der Waals surface area contributed by atoms with E-state index in [2.05, 4.69) is 20.2 Å². The maximum atomic E-state index is 13.1. The summed E-state index contributed by atoms with van der Waals surface area (Å²) >= 11 is 0. The molecule has 4 heterocycles. The van der Waals surface area contributed by atoms with Gasteiger partial charge >= 0.3 is 0 Å². The third-order valence-corrected chi connectivity index (χ3v) is 6.04. The highest BCUT2D eigenvalue weighted by atomic mass is 16.5. The molecule has 34 heavy (non-hydrogen) atoms. The van der Waals surface area contributed by atoms with Crippen LogP contribution in [-0.4, -0.2) is 59.0 Å². The topological polar surface area (TPSA) is 127 Å². The summed E-state index contributed by atoms with van der Waals surface area (Å²) in [6.45, 7) is 7.00. The molecule has 0 aliphatic carbocycles. The number of pyridine rings is 1. The molecule has 1 aromatic carbocycles. The van der Waals surface area contributed by atoms with Crippen LogP contribution in [0.1, 0.15) is 40.3 Å². The molecule has 0 radical (unpaired) electrons. The van der Waals surface area contributed by atoms with Gasteiger partial charge in [-0.25, -0.2) is 9.97 Å². The Balaban J connectivity index is 1.45. The van der Waals surface area contributed by atoms with Crippen molar-refractivity contribution in [1.29, 1.82) is 0 Å². The van der Waals surface area contributed by atoms with Crippen molar-refractivity contribution in [1.82, 2.24) is 14.9 Å². The third kappa shape index (κ3) is 4.08. The maximum Gasteiger partial charge on any atom is 0.277 e. The molecule has 1 fully saturated rings. The highest BCUT2D eigenvalue weighted by Crippen LogP contribution is 2.36. The van der Waals surface area contributed by atoms with Crippen LogP contribution < -0.4 is 16.0 Å². The average molecular weight is 463 g/mol. The van der Waals surface area contributed by atoms with Gasteiger partial charge in [0.05, 0.1) is 24.6 Å². The normalized spacial score (nSPS) is 15.7. The Kier molecular flexibility index (Phi) is 5.66. The van der Waals surface area contributed by atoms with Gasteiger partial charge in [-0.15, -0.1) is 0 Å². The van der Waals surface area contributed by atoms with Crippen LogP contribution in [0.3, 0.4) is 0 Å². The van der Waals surface area contributed by atoms with E-state index in [1.54, 1.807) is 18.3 Å². The lowest BCUT2D eigenvalue weighted by Crippen LogP contribution is -2.37. The number of carbonyl (C=O) groups is 2. The molecule has 2 aromatic heterocycles. The zero-order valence-electron chi connectivity index (χ0n) is 19.1. The number of nitrogen functional groups attached to an aromatic ring is 1. The van der Waals surface area contributed by atoms with Gasteiger partial charge in [-0.2, -0.15) is 0 Å². The fourth-order valence-electron chi connectivity index (χ4n) is 4.23. The molecule has 2 aliphatic rings. The van der Waals surface area contributed by atoms with Crippen LogP contribution >= 0.6 is 0 Å². The number of oxazole rings is 1. The summed E-state index contributed by atoms with van der Waals surface area (Å²) in [6, 6.07) is 7.19. The number of anilines is 3. The number of morpholine rings is 1. The van der Waals surface area contributed by atoms with Crippen LogP contribution in [0.5, 0.6) is 0 Å². The lowest BCUT2D eigenvalue weighted by molar-refractivity contribution is 0.0730. The first-order valence-corrected chi connectivity index (χ1v) is 11.2. The van der Waals surface area contributed by atoms with Crippen molar-refractivity contribution in [3.8, 4) is 11.5 Å². The number of nitrogens with zero attached hydrogens (tertiary/aromatic N) is 4. The van der Waals surface area contributed by atoms with Crippen molar-refractivity contribution in [2.75, 3.05) is 42.3 Å². The maximum absolute atomic E-state index is 13.1. The molecule has 0 saturated carbocycles. The minimum atomic E-state index is -0.406. The zero-order chi connectivity index (χ0) is 23.8. The molecule has 10 nitrogen and oxygen atoms in total. The second-order valence-electron chi connectivity index (χ2n) is 8.61. The summed E-state index contributed by atoms with van der Waals surface area (Å²) < 4.78 is 11.0. The van der Waals surface area contributed by atoms with Crippen LogP contribution in [0.4, 0.5) is 17.2 Å².